The molecular formula is C71H116NO8P. The minimum Gasteiger partial charge on any atom is -0.462 e. The van der Waals surface area contributed by atoms with Gasteiger partial charge >= 0.3 is 19.8 Å². The molecule has 458 valence electrons. The molecule has 0 aromatic carbocycles. The number of nitrogens with two attached hydrogens (primary N) is 1. The monoisotopic (exact) mass is 1140 g/mol. The van der Waals surface area contributed by atoms with Crippen molar-refractivity contribution in [2.75, 3.05) is 26.4 Å². The van der Waals surface area contributed by atoms with Crippen molar-refractivity contribution in [3.05, 3.63) is 158 Å². The van der Waals surface area contributed by atoms with E-state index in [1.807, 2.05) is 0 Å². The molecule has 0 saturated heterocycles. The Kier molecular flexibility index (Phi) is 61.3. The molecule has 0 aliphatic rings. The predicted molar refractivity (Wildman–Crippen MR) is 348 cm³/mol. The molecule has 9 nitrogen and oxygen atoms in total. The number of carbonyl (C=O) groups excluding carboxylic acids is 2. The summed E-state index contributed by atoms with van der Waals surface area (Å²) in [6.45, 7) is 3.49. The summed E-state index contributed by atoms with van der Waals surface area (Å²) in [6.07, 6.45) is 94.5. The Morgan fingerprint density at radius 1 is 0.370 bits per heavy atom. The van der Waals surface area contributed by atoms with Crippen LogP contribution in [0.4, 0.5) is 0 Å². The first-order chi connectivity index (χ1) is 39.8. The van der Waals surface area contributed by atoms with E-state index >= 15 is 0 Å². The van der Waals surface area contributed by atoms with Crippen LogP contribution in [-0.4, -0.2) is 49.3 Å². The van der Waals surface area contributed by atoms with Gasteiger partial charge in [-0.15, -0.1) is 0 Å². The normalized spacial score (nSPS) is 14.1. The molecule has 0 radical (unpaired) electrons. The molecule has 0 heterocycles. The standard InChI is InChI=1S/C71H116NO8P/c1-3-5-7-9-11-13-15-17-19-21-23-25-26-27-28-29-30-31-32-33-34-35-36-37-38-39-40-41-42-44-46-48-50-52-54-56-58-60-62-64-71(74)80-69(68-79-81(75,76)78-66-65-72)67-77-70(73)63-61-59-57-55-53-51-49-47-45-43-24-22-20-18-16-14-12-10-8-6-4-2/h5-8,11-14,17-20,23-25,27-28,30-31,33-34,36-37,39-40,43,69H,3-4,9-10,15-16,21-22,26,29,32,35,38,41-42,44-68,72H2,1-2H3,(H,75,76)/b7-5-,8-6-,13-11-,14-12-,19-17-,20-18-,25-23-,28-27-,31-30-,34-33-,37-36-,40-39-,43-24-. The Hall–Kier alpha value is -4.37. The zero-order chi connectivity index (χ0) is 58.7. The van der Waals surface area contributed by atoms with Crippen LogP contribution in [0.5, 0.6) is 0 Å². The van der Waals surface area contributed by atoms with Crippen molar-refractivity contribution in [1.29, 1.82) is 0 Å². The van der Waals surface area contributed by atoms with Crippen LogP contribution in [0, 0.1) is 0 Å². The lowest BCUT2D eigenvalue weighted by molar-refractivity contribution is -0.161. The lowest BCUT2D eigenvalue weighted by Gasteiger charge is -2.19. The van der Waals surface area contributed by atoms with Gasteiger partial charge in [-0.2, -0.15) is 0 Å². The van der Waals surface area contributed by atoms with E-state index in [1.165, 1.54) is 70.6 Å². The topological polar surface area (TPSA) is 134 Å². The number of ether oxygens (including phenoxy) is 2. The van der Waals surface area contributed by atoms with Crippen LogP contribution in [0.25, 0.3) is 0 Å². The maximum absolute atomic E-state index is 12.7. The lowest BCUT2D eigenvalue weighted by atomic mass is 10.0. The van der Waals surface area contributed by atoms with Gasteiger partial charge < -0.3 is 20.1 Å². The maximum atomic E-state index is 12.7. The fourth-order valence-corrected chi connectivity index (χ4v) is 9.03. The van der Waals surface area contributed by atoms with Gasteiger partial charge in [0.1, 0.15) is 6.61 Å². The number of hydrogen-bond donors (Lipinski definition) is 2. The molecular weight excluding hydrogens is 1030 g/mol. The summed E-state index contributed by atoms with van der Waals surface area (Å²) in [6, 6.07) is 0. The molecule has 0 amide bonds. The van der Waals surface area contributed by atoms with E-state index in [4.69, 9.17) is 24.3 Å². The van der Waals surface area contributed by atoms with Crippen molar-refractivity contribution in [3.63, 3.8) is 0 Å². The number of carbonyl (C=O) groups is 2. The highest BCUT2D eigenvalue weighted by atomic mass is 31.2. The predicted octanol–water partition coefficient (Wildman–Crippen LogP) is 20.8. The first kappa shape index (κ1) is 76.6. The molecule has 0 aliphatic carbocycles. The minimum absolute atomic E-state index is 0.0442. The van der Waals surface area contributed by atoms with Crippen molar-refractivity contribution in [2.45, 2.75) is 251 Å². The molecule has 0 bridgehead atoms. The fraction of sp³-hybridized carbons (Fsp3) is 0.606. The van der Waals surface area contributed by atoms with Crippen LogP contribution in [0.2, 0.25) is 0 Å². The Labute approximate surface area is 496 Å². The van der Waals surface area contributed by atoms with Crippen molar-refractivity contribution in [1.82, 2.24) is 0 Å². The van der Waals surface area contributed by atoms with Gasteiger partial charge in [-0.1, -0.05) is 268 Å². The molecule has 81 heavy (non-hydrogen) atoms. The van der Waals surface area contributed by atoms with E-state index in [0.717, 1.165) is 141 Å². The second-order valence-electron chi connectivity index (χ2n) is 20.5. The molecule has 0 spiro atoms. The zero-order valence-electron chi connectivity index (χ0n) is 51.2. The number of esters is 2. The quantitative estimate of drug-likeness (QED) is 0.0264. The van der Waals surface area contributed by atoms with Crippen molar-refractivity contribution in [3.8, 4) is 0 Å². The largest absolute Gasteiger partial charge is 0.472 e. The summed E-state index contributed by atoms with van der Waals surface area (Å²) in [5, 5.41) is 0. The van der Waals surface area contributed by atoms with Crippen LogP contribution >= 0.6 is 7.82 Å². The van der Waals surface area contributed by atoms with Gasteiger partial charge in [0.15, 0.2) is 6.10 Å². The Morgan fingerprint density at radius 3 is 0.951 bits per heavy atom. The molecule has 0 rings (SSSR count). The van der Waals surface area contributed by atoms with Crippen LogP contribution in [0.3, 0.4) is 0 Å². The van der Waals surface area contributed by atoms with Crippen molar-refractivity contribution >= 4 is 19.8 Å². The Balaban J connectivity index is 3.98. The van der Waals surface area contributed by atoms with Gasteiger partial charge in [-0.05, 0) is 122 Å². The molecule has 0 aliphatic heterocycles. The summed E-state index contributed by atoms with van der Waals surface area (Å²) in [5.74, 6) is -0.848. The summed E-state index contributed by atoms with van der Waals surface area (Å²) >= 11 is 0. The van der Waals surface area contributed by atoms with E-state index in [-0.39, 0.29) is 32.6 Å². The zero-order valence-corrected chi connectivity index (χ0v) is 52.1. The van der Waals surface area contributed by atoms with Crippen LogP contribution in [0.1, 0.15) is 245 Å². The van der Waals surface area contributed by atoms with Crippen LogP contribution < -0.4 is 5.73 Å². The molecule has 2 atom stereocenters. The number of hydrogen-bond acceptors (Lipinski definition) is 8. The number of phosphoric ester groups is 1. The highest BCUT2D eigenvalue weighted by Crippen LogP contribution is 2.43. The molecule has 0 aromatic heterocycles. The molecule has 0 saturated carbocycles. The average molecular weight is 1140 g/mol. The average Bonchev–Trinajstić information content (AvgIpc) is 3.46. The summed E-state index contributed by atoms with van der Waals surface area (Å²) in [5.41, 5.74) is 5.39. The number of phosphoric acid groups is 1. The number of rotatable bonds is 58. The van der Waals surface area contributed by atoms with Gasteiger partial charge in [0, 0.05) is 19.4 Å². The highest BCUT2D eigenvalue weighted by molar-refractivity contribution is 7.47. The molecule has 10 heteroatoms. The second kappa shape index (κ2) is 64.8. The van der Waals surface area contributed by atoms with Crippen LogP contribution in [-0.2, 0) is 32.7 Å². The van der Waals surface area contributed by atoms with Crippen LogP contribution in [0.15, 0.2) is 158 Å². The number of unbranched alkanes of at least 4 members (excludes halogenated alkanes) is 19. The van der Waals surface area contributed by atoms with Gasteiger partial charge in [-0.3, -0.25) is 18.6 Å². The molecule has 0 aromatic rings. The lowest BCUT2D eigenvalue weighted by Crippen LogP contribution is -2.29. The van der Waals surface area contributed by atoms with E-state index in [9.17, 15) is 19.0 Å². The summed E-state index contributed by atoms with van der Waals surface area (Å²) < 4.78 is 33.1. The maximum Gasteiger partial charge on any atom is 0.472 e. The van der Waals surface area contributed by atoms with Crippen molar-refractivity contribution in [2.24, 2.45) is 5.73 Å². The molecule has 0 fully saturated rings. The van der Waals surface area contributed by atoms with Crippen molar-refractivity contribution < 1.29 is 37.6 Å². The van der Waals surface area contributed by atoms with E-state index in [2.05, 4.69) is 172 Å². The molecule has 2 unspecified atom stereocenters. The SMILES string of the molecule is CC/C=C\C/C=C\C/C=C\C/C=C\C/C=C\C/C=C\C/C=C\C/C=C\C/C=C\CCCCCCCCCCCCCC(=O)OC(COC(=O)CCCCCCCCCC/C=C\C/C=C\C/C=C\C/C=C\CC)COP(=O)(O)OCCN. The third-order valence-corrected chi connectivity index (χ3v) is 13.9. The van der Waals surface area contributed by atoms with E-state index in [0.29, 0.717) is 6.42 Å². The first-order valence-corrected chi connectivity index (χ1v) is 33.5. The highest BCUT2D eigenvalue weighted by Gasteiger charge is 2.26. The smallest absolute Gasteiger partial charge is 0.462 e. The summed E-state index contributed by atoms with van der Waals surface area (Å²) in [4.78, 5) is 35.3. The third kappa shape index (κ3) is 64.7. The van der Waals surface area contributed by atoms with Gasteiger partial charge in [-0.25, -0.2) is 4.57 Å². The Morgan fingerprint density at radius 2 is 0.642 bits per heavy atom. The minimum atomic E-state index is -4.40. The first-order valence-electron chi connectivity index (χ1n) is 32.0. The molecule has 3 N–H and O–H groups in total. The summed E-state index contributed by atoms with van der Waals surface area (Å²) in [7, 11) is -4.40. The van der Waals surface area contributed by atoms with E-state index < -0.39 is 32.5 Å². The second-order valence-corrected chi connectivity index (χ2v) is 22.0. The van der Waals surface area contributed by atoms with Gasteiger partial charge in [0.05, 0.1) is 13.2 Å². The number of allylic oxidation sites excluding steroid dienone is 26. The third-order valence-electron chi connectivity index (χ3n) is 12.9. The van der Waals surface area contributed by atoms with Gasteiger partial charge in [0.25, 0.3) is 0 Å². The Bertz CT molecular complexity index is 1880. The van der Waals surface area contributed by atoms with Gasteiger partial charge in [0.2, 0.25) is 0 Å². The fourth-order valence-electron chi connectivity index (χ4n) is 8.27. The van der Waals surface area contributed by atoms with E-state index in [1.54, 1.807) is 0 Å².